The van der Waals surface area contributed by atoms with Crippen molar-refractivity contribution in [3.63, 3.8) is 0 Å². The van der Waals surface area contributed by atoms with Crippen LogP contribution in [0.2, 0.25) is 0 Å². The highest BCUT2D eigenvalue weighted by Crippen LogP contribution is 2.31. The van der Waals surface area contributed by atoms with Crippen molar-refractivity contribution in [2.24, 2.45) is 5.73 Å². The number of carbonyl (C=O) groups excluding carboxylic acids is 1. The summed E-state index contributed by atoms with van der Waals surface area (Å²) in [6.45, 7) is 1.84. The molecule has 6 nitrogen and oxygen atoms in total. The first-order valence-electron chi connectivity index (χ1n) is 8.44. The molecule has 1 unspecified atom stereocenters. The van der Waals surface area contributed by atoms with E-state index in [1.807, 2.05) is 0 Å². The number of ether oxygens (including phenoxy) is 1. The number of amides is 1. The molecule has 0 bridgehead atoms. The number of benzene rings is 2. The Morgan fingerprint density at radius 2 is 2.04 bits per heavy atom. The molecule has 4 N–H and O–H groups in total. The Kier molecular flexibility index (Phi) is 8.04. The topological polar surface area (TPSA) is 93.8 Å². The fourth-order valence-corrected chi connectivity index (χ4v) is 2.74. The van der Waals surface area contributed by atoms with E-state index in [1.165, 1.54) is 12.1 Å². The zero-order valence-electron chi connectivity index (χ0n) is 15.5. The molecular formula is C19H22F2N2O4S. The van der Waals surface area contributed by atoms with Crippen LogP contribution >= 0.6 is 12.0 Å². The van der Waals surface area contributed by atoms with Crippen molar-refractivity contribution < 1.29 is 27.6 Å². The van der Waals surface area contributed by atoms with E-state index in [-0.39, 0.29) is 42.3 Å². The smallest absolute Gasteiger partial charge is 0.254 e. The molecule has 28 heavy (non-hydrogen) atoms. The number of hydrogen-bond donors (Lipinski definition) is 3. The van der Waals surface area contributed by atoms with E-state index in [9.17, 15) is 18.7 Å². The molecule has 0 aliphatic heterocycles. The Hall–Kier alpha value is -2.36. The van der Waals surface area contributed by atoms with Gasteiger partial charge in [0.25, 0.3) is 5.91 Å². The van der Waals surface area contributed by atoms with E-state index in [0.717, 1.165) is 24.2 Å². The normalized spacial score (nSPS) is 11.9. The molecule has 1 atom stereocenters. The Morgan fingerprint density at radius 3 is 2.68 bits per heavy atom. The third kappa shape index (κ3) is 6.08. The fraction of sp³-hybridized carbons (Fsp3) is 0.316. The van der Waals surface area contributed by atoms with Crippen LogP contribution in [0.15, 0.2) is 30.3 Å². The molecule has 152 valence electrons. The molecule has 0 aliphatic rings. The van der Waals surface area contributed by atoms with Crippen LogP contribution in [0, 0.1) is 18.6 Å². The van der Waals surface area contributed by atoms with Gasteiger partial charge in [0.05, 0.1) is 30.7 Å². The van der Waals surface area contributed by atoms with Crippen molar-refractivity contribution in [3.05, 3.63) is 53.1 Å². The van der Waals surface area contributed by atoms with Crippen molar-refractivity contribution in [3.8, 4) is 5.75 Å². The predicted molar refractivity (Wildman–Crippen MR) is 105 cm³/mol. The molecular weight excluding hydrogens is 390 g/mol. The fourth-order valence-electron chi connectivity index (χ4n) is 2.45. The number of aliphatic hydroxyl groups excluding tert-OH is 1. The van der Waals surface area contributed by atoms with Crippen molar-refractivity contribution in [1.29, 1.82) is 0 Å². The van der Waals surface area contributed by atoms with Gasteiger partial charge in [-0.2, -0.15) is 0 Å². The number of nitrogens with one attached hydrogen (secondary N) is 1. The average Bonchev–Trinajstić information content (AvgIpc) is 2.61. The third-order valence-electron chi connectivity index (χ3n) is 3.79. The van der Waals surface area contributed by atoms with Crippen LogP contribution < -0.4 is 15.8 Å². The maximum atomic E-state index is 14.1. The maximum Gasteiger partial charge on any atom is 0.254 e. The van der Waals surface area contributed by atoms with Gasteiger partial charge in [-0.1, -0.05) is 6.07 Å². The van der Waals surface area contributed by atoms with Crippen molar-refractivity contribution >= 4 is 29.3 Å². The SMILES string of the molecule is CSOCC(O)CCOc1cc(F)cc(Nc2ccc(C)cc2F)c1C(N)=O. The highest BCUT2D eigenvalue weighted by atomic mass is 32.2. The number of halogens is 2. The molecule has 0 aliphatic carbocycles. The standard InChI is InChI=1S/C19H22F2N2O4S/c1-11-3-4-15(14(21)7-11)23-16-8-12(20)9-17(18(16)19(22)25)26-6-5-13(24)10-27-28-2/h3-4,7-9,13,23-24H,5-6,10H2,1-2H3,(H2,22,25). The van der Waals surface area contributed by atoms with Crippen LogP contribution in [-0.2, 0) is 4.18 Å². The molecule has 0 spiro atoms. The number of primary amides is 1. The van der Waals surface area contributed by atoms with E-state index in [2.05, 4.69) is 5.32 Å². The number of rotatable bonds is 10. The summed E-state index contributed by atoms with van der Waals surface area (Å²) in [6, 6.07) is 6.50. The number of carbonyl (C=O) groups is 1. The zero-order chi connectivity index (χ0) is 20.7. The van der Waals surface area contributed by atoms with Crippen LogP contribution in [0.5, 0.6) is 5.75 Å². The van der Waals surface area contributed by atoms with Crippen LogP contribution in [0.3, 0.4) is 0 Å². The Labute approximate surface area is 166 Å². The van der Waals surface area contributed by atoms with Gasteiger partial charge in [0.2, 0.25) is 0 Å². The summed E-state index contributed by atoms with van der Waals surface area (Å²) in [5.41, 5.74) is 6.08. The maximum absolute atomic E-state index is 14.1. The van der Waals surface area contributed by atoms with Gasteiger partial charge in [-0.15, -0.1) is 0 Å². The van der Waals surface area contributed by atoms with Crippen LogP contribution in [0.4, 0.5) is 20.2 Å². The van der Waals surface area contributed by atoms with E-state index < -0.39 is 23.6 Å². The highest BCUT2D eigenvalue weighted by molar-refractivity contribution is 7.93. The number of aliphatic hydroxyl groups is 1. The minimum Gasteiger partial charge on any atom is -0.492 e. The zero-order valence-corrected chi connectivity index (χ0v) is 16.3. The first kappa shape index (κ1) is 21.9. The summed E-state index contributed by atoms with van der Waals surface area (Å²) < 4.78 is 38.6. The minimum atomic E-state index is -0.865. The van der Waals surface area contributed by atoms with Gasteiger partial charge in [-0.3, -0.25) is 4.79 Å². The minimum absolute atomic E-state index is 0.000966. The summed E-state index contributed by atoms with van der Waals surface area (Å²) in [5, 5.41) is 12.4. The first-order valence-corrected chi connectivity index (χ1v) is 9.59. The summed E-state index contributed by atoms with van der Waals surface area (Å²) >= 11 is 1.12. The lowest BCUT2D eigenvalue weighted by atomic mass is 10.1. The van der Waals surface area contributed by atoms with E-state index in [0.29, 0.717) is 5.56 Å². The van der Waals surface area contributed by atoms with Crippen molar-refractivity contribution in [2.75, 3.05) is 24.8 Å². The van der Waals surface area contributed by atoms with Gasteiger partial charge in [0.15, 0.2) is 0 Å². The summed E-state index contributed by atoms with van der Waals surface area (Å²) in [4.78, 5) is 11.9. The summed E-state index contributed by atoms with van der Waals surface area (Å²) in [7, 11) is 0. The van der Waals surface area contributed by atoms with Crippen LogP contribution in [0.25, 0.3) is 0 Å². The molecule has 0 saturated carbocycles. The van der Waals surface area contributed by atoms with E-state index in [1.54, 1.807) is 19.2 Å². The lowest BCUT2D eigenvalue weighted by Gasteiger charge is -2.17. The Morgan fingerprint density at radius 1 is 1.29 bits per heavy atom. The monoisotopic (exact) mass is 412 g/mol. The molecule has 1 amide bonds. The lowest BCUT2D eigenvalue weighted by molar-refractivity contribution is 0.0935. The molecule has 0 fully saturated rings. The highest BCUT2D eigenvalue weighted by Gasteiger charge is 2.19. The predicted octanol–water partition coefficient (Wildman–Crippen LogP) is 3.54. The molecule has 9 heteroatoms. The lowest BCUT2D eigenvalue weighted by Crippen LogP contribution is -2.19. The van der Waals surface area contributed by atoms with Gasteiger partial charge in [0, 0.05) is 18.7 Å². The van der Waals surface area contributed by atoms with Crippen molar-refractivity contribution in [1.82, 2.24) is 0 Å². The second-order valence-electron chi connectivity index (χ2n) is 6.04. The molecule has 0 radical (unpaired) electrons. The number of aryl methyl sites for hydroxylation is 1. The van der Waals surface area contributed by atoms with Crippen LogP contribution in [-0.4, -0.2) is 36.6 Å². The summed E-state index contributed by atoms with van der Waals surface area (Å²) in [5.74, 6) is -2.21. The first-order chi connectivity index (χ1) is 13.3. The van der Waals surface area contributed by atoms with Crippen molar-refractivity contribution in [2.45, 2.75) is 19.4 Å². The van der Waals surface area contributed by atoms with Gasteiger partial charge >= 0.3 is 0 Å². The van der Waals surface area contributed by atoms with Crippen LogP contribution in [0.1, 0.15) is 22.3 Å². The molecule has 2 rings (SSSR count). The number of hydrogen-bond acceptors (Lipinski definition) is 6. The number of anilines is 2. The third-order valence-corrected chi connectivity index (χ3v) is 4.17. The second-order valence-corrected chi connectivity index (χ2v) is 6.61. The molecule has 0 saturated heterocycles. The van der Waals surface area contributed by atoms with Gasteiger partial charge in [-0.05, 0) is 42.7 Å². The molecule has 2 aromatic carbocycles. The summed E-state index contributed by atoms with van der Waals surface area (Å²) in [6.07, 6.45) is 1.14. The van der Waals surface area contributed by atoms with Gasteiger partial charge in [-0.25, -0.2) is 8.78 Å². The molecule has 0 aromatic heterocycles. The van der Waals surface area contributed by atoms with Gasteiger partial charge in [0.1, 0.15) is 22.9 Å². The van der Waals surface area contributed by atoms with E-state index in [4.69, 9.17) is 14.7 Å². The van der Waals surface area contributed by atoms with Gasteiger partial charge < -0.3 is 25.1 Å². The average molecular weight is 412 g/mol. The Balaban J connectivity index is 2.23. The second kappa shape index (κ2) is 10.3. The Bertz CT molecular complexity index is 836. The molecule has 2 aromatic rings. The molecule has 0 heterocycles. The van der Waals surface area contributed by atoms with E-state index >= 15 is 0 Å². The largest absolute Gasteiger partial charge is 0.492 e. The number of nitrogens with two attached hydrogens (primary N) is 1. The quantitative estimate of drug-likeness (QED) is 0.517.